The zero-order valence-corrected chi connectivity index (χ0v) is 14.8. The minimum atomic E-state index is -1.17. The van der Waals surface area contributed by atoms with Gasteiger partial charge in [0.15, 0.2) is 5.84 Å². The molecule has 0 saturated heterocycles. The molecule has 0 aliphatic carbocycles. The molecule has 1 heterocycles. The van der Waals surface area contributed by atoms with Crippen LogP contribution in [0.1, 0.15) is 27.2 Å². The second-order valence-corrected chi connectivity index (χ2v) is 5.71. The smallest absolute Gasteiger partial charge is 0.366 e. The van der Waals surface area contributed by atoms with E-state index < -0.39 is 32.8 Å². The van der Waals surface area contributed by atoms with E-state index in [0.717, 1.165) is 18.2 Å². The molecule has 0 atom stereocenters. The van der Waals surface area contributed by atoms with Crippen molar-refractivity contribution in [3.8, 4) is 0 Å². The molecule has 0 amide bonds. The van der Waals surface area contributed by atoms with Crippen molar-refractivity contribution in [1.29, 1.82) is 0 Å². The molecular weight excluding hydrogens is 382 g/mol. The first-order chi connectivity index (χ1) is 12.6. The van der Waals surface area contributed by atoms with E-state index in [9.17, 15) is 25.0 Å². The first-order valence-electron chi connectivity index (χ1n) is 7.23. The third kappa shape index (κ3) is 4.52. The van der Waals surface area contributed by atoms with Gasteiger partial charge >= 0.3 is 5.97 Å². The Bertz CT molecular complexity index is 935. The lowest BCUT2D eigenvalue weighted by Gasteiger charge is -2.07. The highest BCUT2D eigenvalue weighted by atomic mass is 35.5. The van der Waals surface area contributed by atoms with E-state index in [-0.39, 0.29) is 16.6 Å². The number of hydrogen-bond acceptors (Lipinski definition) is 8. The summed E-state index contributed by atoms with van der Waals surface area (Å²) in [5, 5.41) is 25.2. The molecule has 27 heavy (non-hydrogen) atoms. The monoisotopic (exact) mass is 393 g/mol. The van der Waals surface area contributed by atoms with Crippen LogP contribution in [0, 0.1) is 34.1 Å². The number of aromatic nitrogens is 1. The van der Waals surface area contributed by atoms with Gasteiger partial charge in [0, 0.05) is 17.8 Å². The number of hydrogen-bond donors (Lipinski definition) is 1. The van der Waals surface area contributed by atoms with E-state index in [2.05, 4.69) is 15.0 Å². The second-order valence-electron chi connectivity index (χ2n) is 5.35. The Morgan fingerprint density at radius 1 is 1.15 bits per heavy atom. The summed E-state index contributed by atoms with van der Waals surface area (Å²) in [4.78, 5) is 40.7. The van der Waals surface area contributed by atoms with Gasteiger partial charge in [-0.1, -0.05) is 16.8 Å². The Hall–Kier alpha value is -3.60. The Morgan fingerprint density at radius 2 is 1.70 bits per heavy atom. The van der Waals surface area contributed by atoms with Crippen molar-refractivity contribution in [2.24, 2.45) is 10.9 Å². The molecule has 2 N–H and O–H groups in total. The number of amidine groups is 1. The van der Waals surface area contributed by atoms with Crippen molar-refractivity contribution < 1.29 is 19.5 Å². The molecule has 0 fully saturated rings. The fourth-order valence-electron chi connectivity index (χ4n) is 2.21. The third-order valence-electron chi connectivity index (χ3n) is 3.34. The zero-order chi connectivity index (χ0) is 20.3. The third-order valence-corrected chi connectivity index (χ3v) is 3.62. The number of oxime groups is 1. The van der Waals surface area contributed by atoms with Crippen LogP contribution in [-0.4, -0.2) is 26.6 Å². The van der Waals surface area contributed by atoms with E-state index >= 15 is 0 Å². The molecular formula is C15H12ClN5O6. The molecule has 12 heteroatoms. The number of non-ortho nitro benzene ring substituents is 2. The fraction of sp³-hybridized carbons (Fsp3) is 0.133. The number of nitro benzene ring substituents is 2. The second kappa shape index (κ2) is 7.74. The average molecular weight is 394 g/mol. The number of aryl methyl sites for hydroxylation is 2. The molecule has 0 radical (unpaired) electrons. The number of carbonyl (C=O) groups is 1. The minimum Gasteiger partial charge on any atom is -0.380 e. The van der Waals surface area contributed by atoms with Crippen molar-refractivity contribution in [3.63, 3.8) is 0 Å². The molecule has 0 bridgehead atoms. The maximum Gasteiger partial charge on any atom is 0.366 e. The van der Waals surface area contributed by atoms with Gasteiger partial charge in [-0.2, -0.15) is 0 Å². The first-order valence-corrected chi connectivity index (χ1v) is 7.60. The Balaban J connectivity index is 2.34. The van der Waals surface area contributed by atoms with Crippen molar-refractivity contribution in [2.45, 2.75) is 13.8 Å². The molecule has 140 valence electrons. The molecule has 2 aromatic rings. The largest absolute Gasteiger partial charge is 0.380 e. The van der Waals surface area contributed by atoms with Crippen molar-refractivity contribution in [1.82, 2.24) is 4.98 Å². The molecule has 0 aliphatic rings. The minimum absolute atomic E-state index is 0.0517. The highest BCUT2D eigenvalue weighted by Gasteiger charge is 2.21. The maximum absolute atomic E-state index is 12.1. The summed E-state index contributed by atoms with van der Waals surface area (Å²) < 4.78 is 0. The summed E-state index contributed by atoms with van der Waals surface area (Å²) in [7, 11) is 0. The number of carbonyl (C=O) groups excluding carboxylic acids is 1. The van der Waals surface area contributed by atoms with E-state index in [0.29, 0.717) is 11.3 Å². The number of halogens is 1. The molecule has 0 aliphatic heterocycles. The number of benzene rings is 1. The fourth-order valence-corrected chi connectivity index (χ4v) is 2.59. The van der Waals surface area contributed by atoms with E-state index in [4.69, 9.17) is 17.3 Å². The van der Waals surface area contributed by atoms with Gasteiger partial charge in [0.25, 0.3) is 11.4 Å². The van der Waals surface area contributed by atoms with Crippen LogP contribution in [0.15, 0.2) is 29.4 Å². The number of nitrogens with zero attached hydrogens (tertiary/aromatic N) is 4. The lowest BCUT2D eigenvalue weighted by atomic mass is 10.1. The highest BCUT2D eigenvalue weighted by Crippen LogP contribution is 2.23. The quantitative estimate of drug-likeness (QED) is 0.202. The molecule has 2 rings (SSSR count). The van der Waals surface area contributed by atoms with E-state index in [1.165, 1.54) is 0 Å². The van der Waals surface area contributed by atoms with E-state index in [1.54, 1.807) is 19.9 Å². The summed E-state index contributed by atoms with van der Waals surface area (Å²) in [6.45, 7) is 3.43. The van der Waals surface area contributed by atoms with Crippen LogP contribution in [0.4, 0.5) is 11.4 Å². The van der Waals surface area contributed by atoms with Gasteiger partial charge in [0.05, 0.1) is 27.0 Å². The predicted molar refractivity (Wildman–Crippen MR) is 94.6 cm³/mol. The standard InChI is InChI=1S/C15H12ClN5O6/c1-7-3-8(2)18-13(16)12(7)14(17)19-27-15(22)9-4-10(20(23)24)6-11(5-9)21(25)26/h3-6H,1-2H3,(H2,17,19). The van der Waals surface area contributed by atoms with Gasteiger partial charge in [0.1, 0.15) is 5.15 Å². The van der Waals surface area contributed by atoms with Crippen molar-refractivity contribution >= 4 is 34.8 Å². The average Bonchev–Trinajstić information content (AvgIpc) is 2.58. The summed E-state index contributed by atoms with van der Waals surface area (Å²) in [6, 6.07) is 4.06. The van der Waals surface area contributed by atoms with Crippen LogP contribution in [-0.2, 0) is 4.84 Å². The molecule has 0 saturated carbocycles. The number of nitrogens with two attached hydrogens (primary N) is 1. The summed E-state index contributed by atoms with van der Waals surface area (Å²) in [5.74, 6) is -1.42. The topological polar surface area (TPSA) is 164 Å². The molecule has 1 aromatic carbocycles. The Labute approximate surface area is 156 Å². The van der Waals surface area contributed by atoms with E-state index in [1.807, 2.05) is 0 Å². The van der Waals surface area contributed by atoms with Gasteiger partial charge in [-0.25, -0.2) is 9.78 Å². The van der Waals surface area contributed by atoms with Crippen LogP contribution in [0.3, 0.4) is 0 Å². The maximum atomic E-state index is 12.1. The van der Waals surface area contributed by atoms with Crippen LogP contribution in [0.5, 0.6) is 0 Å². The number of nitro groups is 2. The summed E-state index contributed by atoms with van der Waals surface area (Å²) >= 11 is 6.01. The first kappa shape index (κ1) is 19.7. The molecule has 11 nitrogen and oxygen atoms in total. The van der Waals surface area contributed by atoms with Crippen LogP contribution < -0.4 is 5.73 Å². The molecule has 1 aromatic heterocycles. The summed E-state index contributed by atoms with van der Waals surface area (Å²) in [5.41, 5.74) is 5.57. The lowest BCUT2D eigenvalue weighted by molar-refractivity contribution is -0.394. The van der Waals surface area contributed by atoms with Gasteiger partial charge in [0.2, 0.25) is 0 Å². The van der Waals surface area contributed by atoms with Crippen LogP contribution in [0.25, 0.3) is 0 Å². The Morgan fingerprint density at radius 3 is 2.19 bits per heavy atom. The van der Waals surface area contributed by atoms with Crippen molar-refractivity contribution in [2.75, 3.05) is 0 Å². The van der Waals surface area contributed by atoms with Crippen molar-refractivity contribution in [3.05, 3.63) is 72.0 Å². The molecule has 0 spiro atoms. The highest BCUT2D eigenvalue weighted by molar-refractivity contribution is 6.33. The van der Waals surface area contributed by atoms with Gasteiger partial charge in [-0.05, 0) is 25.5 Å². The lowest BCUT2D eigenvalue weighted by Crippen LogP contribution is -2.18. The Kier molecular flexibility index (Phi) is 5.66. The van der Waals surface area contributed by atoms with Gasteiger partial charge in [-0.15, -0.1) is 0 Å². The van der Waals surface area contributed by atoms with Crippen LogP contribution in [0.2, 0.25) is 5.15 Å². The number of rotatable bonds is 5. The predicted octanol–water partition coefficient (Wildman–Crippen LogP) is 2.65. The SMILES string of the molecule is Cc1cc(C)c(/C(N)=N\OC(=O)c2cc([N+](=O)[O-])cc([N+](=O)[O-])c2)c(Cl)n1. The van der Waals surface area contributed by atoms with Crippen LogP contribution >= 0.6 is 11.6 Å². The summed E-state index contributed by atoms with van der Waals surface area (Å²) in [6.07, 6.45) is 0. The number of pyridine rings is 1. The molecule has 0 unspecified atom stereocenters. The van der Waals surface area contributed by atoms with Gasteiger partial charge in [-0.3, -0.25) is 20.2 Å². The van der Waals surface area contributed by atoms with Gasteiger partial charge < -0.3 is 10.6 Å². The zero-order valence-electron chi connectivity index (χ0n) is 14.0. The normalized spacial score (nSPS) is 11.1.